The quantitative estimate of drug-likeness (QED) is 0.261. The first-order chi connectivity index (χ1) is 19.2. The highest BCUT2D eigenvalue weighted by Crippen LogP contribution is 2.31. The van der Waals surface area contributed by atoms with Crippen LogP contribution in [-0.4, -0.2) is 56.1 Å². The Morgan fingerprint density at radius 2 is 1.65 bits per heavy atom. The standard InChI is InChI=1S/C31H38N2O6S/c1-40(37,38)33-31(36)28-17-16-25(19-30(28)39-27-10-6-3-7-11-27)23-14-12-22(13-15-23)18-26(21-34)32-20-29(35)24-8-4-2-5-9-24/h2,4-5,8-9,12-17,19,26-27,29,32,34-35H,3,6-7,10-11,18,20-21H2,1H3,(H,33,36)/t26-,29-/m0/s1. The van der Waals surface area contributed by atoms with Crippen molar-refractivity contribution in [3.05, 3.63) is 89.5 Å². The van der Waals surface area contributed by atoms with Crippen LogP contribution in [0.1, 0.15) is 59.7 Å². The number of sulfonamides is 1. The van der Waals surface area contributed by atoms with Crippen LogP contribution in [0.25, 0.3) is 11.1 Å². The summed E-state index contributed by atoms with van der Waals surface area (Å²) in [6.45, 7) is 0.262. The van der Waals surface area contributed by atoms with Gasteiger partial charge in [0, 0.05) is 12.6 Å². The first-order valence-corrected chi connectivity index (χ1v) is 15.6. The summed E-state index contributed by atoms with van der Waals surface area (Å²) < 4.78 is 31.6. The van der Waals surface area contributed by atoms with E-state index in [1.807, 2.05) is 59.3 Å². The first kappa shape index (κ1) is 29.7. The maximum absolute atomic E-state index is 12.7. The molecular weight excluding hydrogens is 528 g/mol. The molecule has 1 aliphatic rings. The molecular formula is C31H38N2O6S. The third kappa shape index (κ3) is 8.63. The number of nitrogens with one attached hydrogen (secondary N) is 2. The van der Waals surface area contributed by atoms with Gasteiger partial charge in [-0.05, 0) is 66.5 Å². The molecule has 0 aliphatic heterocycles. The van der Waals surface area contributed by atoms with Gasteiger partial charge in [-0.1, -0.05) is 67.1 Å². The largest absolute Gasteiger partial charge is 0.490 e. The molecule has 0 heterocycles. The van der Waals surface area contributed by atoms with Crippen molar-refractivity contribution < 1.29 is 28.2 Å². The molecule has 214 valence electrons. The third-order valence-corrected chi connectivity index (χ3v) is 7.68. The molecule has 3 aromatic carbocycles. The van der Waals surface area contributed by atoms with Crippen LogP contribution in [0.15, 0.2) is 72.8 Å². The number of amides is 1. The molecule has 4 rings (SSSR count). The fourth-order valence-corrected chi connectivity index (χ4v) is 5.41. The van der Waals surface area contributed by atoms with Gasteiger partial charge in [-0.25, -0.2) is 13.1 Å². The van der Waals surface area contributed by atoms with Crippen LogP contribution in [-0.2, 0) is 16.4 Å². The minimum absolute atomic E-state index is 0.0144. The average molecular weight is 567 g/mol. The van der Waals surface area contributed by atoms with Crippen LogP contribution < -0.4 is 14.8 Å². The van der Waals surface area contributed by atoms with Gasteiger partial charge in [0.2, 0.25) is 10.0 Å². The Morgan fingerprint density at radius 1 is 0.975 bits per heavy atom. The number of aliphatic hydroxyl groups excluding tert-OH is 2. The zero-order chi connectivity index (χ0) is 28.5. The molecule has 1 fully saturated rings. The van der Waals surface area contributed by atoms with Gasteiger partial charge in [-0.2, -0.15) is 0 Å². The van der Waals surface area contributed by atoms with E-state index in [0.29, 0.717) is 18.7 Å². The van der Waals surface area contributed by atoms with Crippen LogP contribution in [0.2, 0.25) is 0 Å². The Labute approximate surface area is 236 Å². The summed E-state index contributed by atoms with van der Waals surface area (Å²) in [5.74, 6) is -0.341. The van der Waals surface area contributed by atoms with Gasteiger partial charge >= 0.3 is 0 Å². The minimum Gasteiger partial charge on any atom is -0.490 e. The third-order valence-electron chi connectivity index (χ3n) is 7.12. The molecule has 1 saturated carbocycles. The second-order valence-corrected chi connectivity index (χ2v) is 12.2. The summed E-state index contributed by atoms with van der Waals surface area (Å²) in [7, 11) is -3.72. The van der Waals surface area contributed by atoms with Gasteiger partial charge in [0.25, 0.3) is 5.91 Å². The molecule has 0 aromatic heterocycles. The van der Waals surface area contributed by atoms with Gasteiger partial charge in [-0.15, -0.1) is 0 Å². The molecule has 0 unspecified atom stereocenters. The van der Waals surface area contributed by atoms with Crippen molar-refractivity contribution in [2.45, 2.75) is 56.8 Å². The number of hydrogen-bond donors (Lipinski definition) is 4. The van der Waals surface area contributed by atoms with Crippen LogP contribution in [0.5, 0.6) is 5.75 Å². The predicted octanol–water partition coefficient (Wildman–Crippen LogP) is 3.98. The van der Waals surface area contributed by atoms with Crippen LogP contribution in [0, 0.1) is 0 Å². The monoisotopic (exact) mass is 566 g/mol. The zero-order valence-corrected chi connectivity index (χ0v) is 23.6. The van der Waals surface area contributed by atoms with E-state index in [9.17, 15) is 23.4 Å². The lowest BCUT2D eigenvalue weighted by molar-refractivity contribution is 0.0969. The molecule has 0 bridgehead atoms. The van der Waals surface area contributed by atoms with E-state index in [-0.39, 0.29) is 24.3 Å². The van der Waals surface area contributed by atoms with E-state index < -0.39 is 22.0 Å². The van der Waals surface area contributed by atoms with E-state index in [1.54, 1.807) is 18.2 Å². The Balaban J connectivity index is 1.46. The highest BCUT2D eigenvalue weighted by Gasteiger charge is 2.22. The Morgan fingerprint density at radius 3 is 2.30 bits per heavy atom. The fourth-order valence-electron chi connectivity index (χ4n) is 4.96. The van der Waals surface area contributed by atoms with Crippen LogP contribution in [0.4, 0.5) is 0 Å². The molecule has 0 spiro atoms. The second-order valence-electron chi connectivity index (χ2n) is 10.4. The molecule has 8 nitrogen and oxygen atoms in total. The highest BCUT2D eigenvalue weighted by molar-refractivity contribution is 7.89. The molecule has 1 aliphatic carbocycles. The lowest BCUT2D eigenvalue weighted by Gasteiger charge is -2.24. The maximum Gasteiger partial charge on any atom is 0.268 e. The van der Waals surface area contributed by atoms with Gasteiger partial charge < -0.3 is 20.3 Å². The molecule has 1 amide bonds. The molecule has 40 heavy (non-hydrogen) atoms. The number of hydrogen-bond acceptors (Lipinski definition) is 7. The van der Waals surface area contributed by atoms with E-state index in [2.05, 4.69) is 5.32 Å². The summed E-state index contributed by atoms with van der Waals surface area (Å²) in [4.78, 5) is 12.7. The molecule has 0 saturated heterocycles. The number of carbonyl (C=O) groups is 1. The van der Waals surface area contributed by atoms with Gasteiger partial charge in [0.15, 0.2) is 0 Å². The molecule has 9 heteroatoms. The number of ether oxygens (including phenoxy) is 1. The van der Waals surface area contributed by atoms with E-state index >= 15 is 0 Å². The maximum atomic E-state index is 12.7. The van der Waals surface area contributed by atoms with Crippen molar-refractivity contribution in [3.8, 4) is 16.9 Å². The van der Waals surface area contributed by atoms with Crippen molar-refractivity contribution in [2.75, 3.05) is 19.4 Å². The van der Waals surface area contributed by atoms with Crippen LogP contribution in [0.3, 0.4) is 0 Å². The summed E-state index contributed by atoms with van der Waals surface area (Å²) in [5, 5.41) is 23.5. The number of carbonyl (C=O) groups excluding carboxylic acids is 1. The fraction of sp³-hybridized carbons (Fsp3) is 0.387. The topological polar surface area (TPSA) is 125 Å². The second kappa shape index (κ2) is 13.9. The lowest BCUT2D eigenvalue weighted by Crippen LogP contribution is -2.37. The normalized spacial score (nSPS) is 15.8. The number of aliphatic hydroxyl groups is 2. The minimum atomic E-state index is -3.72. The first-order valence-electron chi connectivity index (χ1n) is 13.7. The Bertz CT molecular complexity index is 1360. The van der Waals surface area contributed by atoms with Gasteiger partial charge in [-0.3, -0.25) is 4.79 Å². The van der Waals surface area contributed by atoms with Crippen molar-refractivity contribution in [1.29, 1.82) is 0 Å². The SMILES string of the molecule is CS(=O)(=O)NC(=O)c1ccc(-c2ccc(C[C@@H](CO)NC[C@H](O)c3ccccc3)cc2)cc1OC1CCCCC1. The number of rotatable bonds is 12. The molecule has 4 N–H and O–H groups in total. The summed E-state index contributed by atoms with van der Waals surface area (Å²) in [6, 6.07) is 22.3. The molecule has 0 radical (unpaired) electrons. The van der Waals surface area contributed by atoms with E-state index in [4.69, 9.17) is 4.74 Å². The van der Waals surface area contributed by atoms with Crippen LogP contribution >= 0.6 is 0 Å². The van der Waals surface area contributed by atoms with Crippen molar-refractivity contribution in [1.82, 2.24) is 10.0 Å². The van der Waals surface area contributed by atoms with Gasteiger partial charge in [0.1, 0.15) is 5.75 Å². The summed E-state index contributed by atoms with van der Waals surface area (Å²) in [5.41, 5.74) is 3.79. The average Bonchev–Trinajstić information content (AvgIpc) is 2.95. The summed E-state index contributed by atoms with van der Waals surface area (Å²) in [6.07, 6.45) is 5.93. The van der Waals surface area contributed by atoms with Crippen molar-refractivity contribution in [3.63, 3.8) is 0 Å². The Hall–Kier alpha value is -3.24. The van der Waals surface area contributed by atoms with Crippen molar-refractivity contribution in [2.24, 2.45) is 0 Å². The smallest absolute Gasteiger partial charge is 0.268 e. The lowest BCUT2D eigenvalue weighted by atomic mass is 9.97. The molecule has 2 atom stereocenters. The van der Waals surface area contributed by atoms with E-state index in [1.165, 1.54) is 0 Å². The van der Waals surface area contributed by atoms with E-state index in [0.717, 1.165) is 60.6 Å². The zero-order valence-electron chi connectivity index (χ0n) is 22.8. The van der Waals surface area contributed by atoms with Crippen molar-refractivity contribution >= 4 is 15.9 Å². The summed E-state index contributed by atoms with van der Waals surface area (Å²) >= 11 is 0. The number of benzene rings is 3. The highest BCUT2D eigenvalue weighted by atomic mass is 32.2. The van der Waals surface area contributed by atoms with Gasteiger partial charge in [0.05, 0.1) is 30.6 Å². The Kier molecular flexibility index (Phi) is 10.3. The predicted molar refractivity (Wildman–Crippen MR) is 156 cm³/mol. The molecule has 3 aromatic rings.